The molecule has 0 aliphatic heterocycles. The molecule has 0 bridgehead atoms. The summed E-state index contributed by atoms with van der Waals surface area (Å²) in [5, 5.41) is 0.270. The molecule has 0 fully saturated rings. The number of ketones is 1. The Balaban J connectivity index is 2.20. The third kappa shape index (κ3) is 3.61. The average Bonchev–Trinajstić information content (AvgIpc) is 2.75. The zero-order valence-electron chi connectivity index (χ0n) is 16.7. The van der Waals surface area contributed by atoms with Crippen LogP contribution in [0, 0.1) is 0 Å². The van der Waals surface area contributed by atoms with E-state index in [-0.39, 0.29) is 24.3 Å². The van der Waals surface area contributed by atoms with Crippen LogP contribution in [0.25, 0.3) is 10.9 Å². The van der Waals surface area contributed by atoms with Gasteiger partial charge in [-0.3, -0.25) is 18.7 Å². The standard InChI is InChI=1S/C21H22N2O6/c1-5-22-20(25)15-10-18(28-3)19(29-4)11-16(15)23(21(22)26)12-17(24)13-6-8-14(27-2)9-7-13/h6-11H,5,12H2,1-4H3. The minimum absolute atomic E-state index is 0.179. The average molecular weight is 398 g/mol. The highest BCUT2D eigenvalue weighted by atomic mass is 16.5. The Morgan fingerprint density at radius 2 is 1.52 bits per heavy atom. The number of benzene rings is 2. The van der Waals surface area contributed by atoms with Gasteiger partial charge in [-0.05, 0) is 37.3 Å². The molecule has 1 heterocycles. The van der Waals surface area contributed by atoms with E-state index < -0.39 is 11.2 Å². The van der Waals surface area contributed by atoms with Crippen molar-refractivity contribution in [3.8, 4) is 17.2 Å². The van der Waals surface area contributed by atoms with Crippen molar-refractivity contribution in [1.29, 1.82) is 0 Å². The van der Waals surface area contributed by atoms with Gasteiger partial charge >= 0.3 is 5.69 Å². The number of carbonyl (C=O) groups is 1. The summed E-state index contributed by atoms with van der Waals surface area (Å²) in [6, 6.07) is 9.68. The van der Waals surface area contributed by atoms with Gasteiger partial charge < -0.3 is 14.2 Å². The maximum absolute atomic E-state index is 12.9. The van der Waals surface area contributed by atoms with Gasteiger partial charge in [-0.2, -0.15) is 0 Å². The molecule has 8 nitrogen and oxygen atoms in total. The molecule has 0 atom stereocenters. The maximum Gasteiger partial charge on any atom is 0.331 e. The summed E-state index contributed by atoms with van der Waals surface area (Å²) in [5.41, 5.74) is -0.259. The minimum atomic E-state index is -0.556. The fourth-order valence-electron chi connectivity index (χ4n) is 3.19. The SMILES string of the molecule is CCn1c(=O)c2cc(OC)c(OC)cc2n(CC(=O)c2ccc(OC)cc2)c1=O. The van der Waals surface area contributed by atoms with E-state index in [4.69, 9.17) is 14.2 Å². The van der Waals surface area contributed by atoms with Crippen molar-refractivity contribution in [3.05, 3.63) is 62.8 Å². The number of aromatic nitrogens is 2. The summed E-state index contributed by atoms with van der Waals surface area (Å²) in [4.78, 5) is 38.5. The number of methoxy groups -OCH3 is 3. The second kappa shape index (κ2) is 8.22. The fourth-order valence-corrected chi connectivity index (χ4v) is 3.19. The first-order chi connectivity index (χ1) is 13.9. The number of rotatable bonds is 7. The van der Waals surface area contributed by atoms with Crippen molar-refractivity contribution in [2.45, 2.75) is 20.0 Å². The van der Waals surface area contributed by atoms with Crippen LogP contribution in [0.3, 0.4) is 0 Å². The van der Waals surface area contributed by atoms with Gasteiger partial charge in [-0.25, -0.2) is 4.79 Å². The van der Waals surface area contributed by atoms with Crippen LogP contribution in [-0.4, -0.2) is 36.2 Å². The van der Waals surface area contributed by atoms with E-state index in [0.29, 0.717) is 28.3 Å². The summed E-state index contributed by atoms with van der Waals surface area (Å²) in [5.74, 6) is 1.08. The van der Waals surface area contributed by atoms with Crippen LogP contribution in [-0.2, 0) is 13.1 Å². The number of Topliss-reactive ketones (excluding diaryl/α,β-unsaturated/α-hetero) is 1. The van der Waals surface area contributed by atoms with E-state index in [0.717, 1.165) is 4.57 Å². The molecule has 3 rings (SSSR count). The van der Waals surface area contributed by atoms with Gasteiger partial charge in [-0.15, -0.1) is 0 Å². The Morgan fingerprint density at radius 3 is 2.07 bits per heavy atom. The largest absolute Gasteiger partial charge is 0.497 e. The van der Waals surface area contributed by atoms with E-state index in [1.165, 1.54) is 38.0 Å². The molecule has 2 aromatic carbocycles. The number of hydrogen-bond acceptors (Lipinski definition) is 6. The zero-order chi connectivity index (χ0) is 21.1. The van der Waals surface area contributed by atoms with Crippen LogP contribution in [0.4, 0.5) is 0 Å². The van der Waals surface area contributed by atoms with E-state index in [2.05, 4.69) is 0 Å². The lowest BCUT2D eigenvalue weighted by Crippen LogP contribution is -2.40. The van der Waals surface area contributed by atoms with Crippen LogP contribution >= 0.6 is 0 Å². The number of nitrogens with zero attached hydrogens (tertiary/aromatic N) is 2. The van der Waals surface area contributed by atoms with E-state index in [9.17, 15) is 14.4 Å². The first-order valence-corrected chi connectivity index (χ1v) is 9.01. The molecule has 152 valence electrons. The Morgan fingerprint density at radius 1 is 0.897 bits per heavy atom. The third-order valence-corrected chi connectivity index (χ3v) is 4.76. The highest BCUT2D eigenvalue weighted by Gasteiger charge is 2.18. The summed E-state index contributed by atoms with van der Waals surface area (Å²) in [6.45, 7) is 1.65. The van der Waals surface area contributed by atoms with Crippen molar-refractivity contribution in [3.63, 3.8) is 0 Å². The smallest absolute Gasteiger partial charge is 0.331 e. The highest BCUT2D eigenvalue weighted by Crippen LogP contribution is 2.30. The number of hydrogen-bond donors (Lipinski definition) is 0. The van der Waals surface area contributed by atoms with Crippen LogP contribution in [0.5, 0.6) is 17.2 Å². The van der Waals surface area contributed by atoms with Crippen LogP contribution in [0.1, 0.15) is 17.3 Å². The van der Waals surface area contributed by atoms with Gasteiger partial charge in [0.2, 0.25) is 0 Å². The summed E-state index contributed by atoms with van der Waals surface area (Å²) < 4.78 is 18.1. The minimum Gasteiger partial charge on any atom is -0.497 e. The van der Waals surface area contributed by atoms with E-state index in [1.807, 2.05) is 0 Å². The Kier molecular flexibility index (Phi) is 5.72. The van der Waals surface area contributed by atoms with Crippen molar-refractivity contribution >= 4 is 16.7 Å². The monoisotopic (exact) mass is 398 g/mol. The summed E-state index contributed by atoms with van der Waals surface area (Å²) in [7, 11) is 4.46. The number of carbonyl (C=O) groups excluding carboxylic acids is 1. The first kappa shape index (κ1) is 20.2. The molecule has 0 N–H and O–H groups in total. The second-order valence-corrected chi connectivity index (χ2v) is 6.29. The van der Waals surface area contributed by atoms with Crippen molar-refractivity contribution in [2.24, 2.45) is 0 Å². The normalized spacial score (nSPS) is 10.8. The van der Waals surface area contributed by atoms with Gasteiger partial charge in [0.1, 0.15) is 5.75 Å². The number of fused-ring (bicyclic) bond motifs is 1. The molecule has 0 unspecified atom stereocenters. The Labute approximate surface area is 166 Å². The lowest BCUT2D eigenvalue weighted by molar-refractivity contribution is 0.0971. The van der Waals surface area contributed by atoms with Crippen molar-refractivity contribution < 1.29 is 19.0 Å². The molecule has 0 amide bonds. The second-order valence-electron chi connectivity index (χ2n) is 6.29. The highest BCUT2D eigenvalue weighted by molar-refractivity contribution is 5.97. The molecule has 29 heavy (non-hydrogen) atoms. The molecule has 3 aromatic rings. The molecule has 0 aliphatic rings. The topological polar surface area (TPSA) is 88.8 Å². The molecule has 8 heteroatoms. The molecular weight excluding hydrogens is 376 g/mol. The van der Waals surface area contributed by atoms with Gasteiger partial charge in [0, 0.05) is 18.2 Å². The van der Waals surface area contributed by atoms with Gasteiger partial charge in [0.25, 0.3) is 5.56 Å². The molecule has 0 saturated carbocycles. The molecule has 0 radical (unpaired) electrons. The Bertz CT molecular complexity index is 1170. The summed E-state index contributed by atoms with van der Waals surface area (Å²) in [6.07, 6.45) is 0. The van der Waals surface area contributed by atoms with Crippen LogP contribution in [0.15, 0.2) is 46.0 Å². The van der Waals surface area contributed by atoms with E-state index in [1.54, 1.807) is 31.2 Å². The number of ether oxygens (including phenoxy) is 3. The van der Waals surface area contributed by atoms with Crippen LogP contribution < -0.4 is 25.5 Å². The fraction of sp³-hybridized carbons (Fsp3) is 0.286. The molecule has 0 spiro atoms. The van der Waals surface area contributed by atoms with Gasteiger partial charge in [0.15, 0.2) is 17.3 Å². The first-order valence-electron chi connectivity index (χ1n) is 9.01. The third-order valence-electron chi connectivity index (χ3n) is 4.76. The molecular formula is C21H22N2O6. The van der Waals surface area contributed by atoms with Crippen LogP contribution in [0.2, 0.25) is 0 Å². The molecule has 0 saturated heterocycles. The summed E-state index contributed by atoms with van der Waals surface area (Å²) >= 11 is 0. The predicted molar refractivity (Wildman–Crippen MR) is 109 cm³/mol. The predicted octanol–water partition coefficient (Wildman–Crippen LogP) is 2.09. The molecule has 0 aliphatic carbocycles. The molecule has 1 aromatic heterocycles. The van der Waals surface area contributed by atoms with Crippen molar-refractivity contribution in [2.75, 3.05) is 21.3 Å². The van der Waals surface area contributed by atoms with Gasteiger partial charge in [0.05, 0.1) is 38.8 Å². The van der Waals surface area contributed by atoms with Gasteiger partial charge in [-0.1, -0.05) is 0 Å². The maximum atomic E-state index is 12.9. The zero-order valence-corrected chi connectivity index (χ0v) is 16.7. The van der Waals surface area contributed by atoms with Crippen molar-refractivity contribution in [1.82, 2.24) is 9.13 Å². The Hall–Kier alpha value is -3.55. The lowest BCUT2D eigenvalue weighted by Gasteiger charge is -2.15. The lowest BCUT2D eigenvalue weighted by atomic mass is 10.1. The quantitative estimate of drug-likeness (QED) is 0.566. The van der Waals surface area contributed by atoms with E-state index >= 15 is 0 Å².